The second-order valence-corrected chi connectivity index (χ2v) is 10.4. The summed E-state index contributed by atoms with van der Waals surface area (Å²) in [5, 5.41) is 0.760. The zero-order chi connectivity index (χ0) is 20.6. The van der Waals surface area contributed by atoms with E-state index in [1.807, 2.05) is 13.8 Å². The molecular formula is C21H28N2O4S2. The van der Waals surface area contributed by atoms with E-state index in [2.05, 4.69) is 4.57 Å². The third-order valence-corrected chi connectivity index (χ3v) is 7.76. The van der Waals surface area contributed by atoms with Crippen molar-refractivity contribution < 1.29 is 14.3 Å². The molecule has 158 valence electrons. The largest absolute Gasteiger partial charge is 0.465 e. The maximum Gasteiger partial charge on any atom is 0.316 e. The van der Waals surface area contributed by atoms with Crippen molar-refractivity contribution in [3.63, 3.8) is 0 Å². The second-order valence-electron chi connectivity index (χ2n) is 8.36. The lowest BCUT2D eigenvalue weighted by atomic mass is 9.95. The van der Waals surface area contributed by atoms with Gasteiger partial charge in [-0.25, -0.2) is 4.98 Å². The van der Waals surface area contributed by atoms with E-state index in [-0.39, 0.29) is 22.8 Å². The molecule has 29 heavy (non-hydrogen) atoms. The normalized spacial score (nSPS) is 19.3. The monoisotopic (exact) mass is 436 g/mol. The highest BCUT2D eigenvalue weighted by Gasteiger charge is 2.32. The quantitative estimate of drug-likeness (QED) is 0.509. The van der Waals surface area contributed by atoms with Crippen molar-refractivity contribution in [1.82, 2.24) is 9.55 Å². The molecule has 0 spiro atoms. The lowest BCUT2D eigenvalue weighted by Crippen LogP contribution is -2.34. The minimum absolute atomic E-state index is 0.0256. The summed E-state index contributed by atoms with van der Waals surface area (Å²) in [7, 11) is 0. The zero-order valence-corrected chi connectivity index (χ0v) is 18.9. The van der Waals surface area contributed by atoms with Crippen molar-refractivity contribution >= 4 is 39.4 Å². The Kier molecular flexibility index (Phi) is 6.04. The average Bonchev–Trinajstić information content (AvgIpc) is 3.06. The Morgan fingerprint density at radius 1 is 1.34 bits per heavy atom. The molecule has 1 aliphatic heterocycles. The van der Waals surface area contributed by atoms with Crippen LogP contribution < -0.4 is 5.43 Å². The maximum atomic E-state index is 13.3. The van der Waals surface area contributed by atoms with E-state index in [0.29, 0.717) is 31.2 Å². The molecular weight excluding hydrogens is 408 g/mol. The Hall–Kier alpha value is -1.38. The van der Waals surface area contributed by atoms with Crippen LogP contribution in [0.3, 0.4) is 0 Å². The summed E-state index contributed by atoms with van der Waals surface area (Å²) in [6.45, 7) is 6.68. The lowest BCUT2D eigenvalue weighted by Gasteiger charge is -2.31. The van der Waals surface area contributed by atoms with Gasteiger partial charge in [0.1, 0.15) is 10.3 Å². The van der Waals surface area contributed by atoms with Gasteiger partial charge in [-0.3, -0.25) is 9.59 Å². The molecule has 8 heteroatoms. The minimum atomic E-state index is -0.333. The SMILES string of the molecule is CCOC(=O)CSc1nc2c(=O)c3c(sc2n1C1CCCCC1)COC(C)(C)C3. The number of imidazole rings is 1. The second kappa shape index (κ2) is 8.40. The number of carbonyl (C=O) groups excluding carboxylic acids is 1. The third kappa shape index (κ3) is 4.25. The van der Waals surface area contributed by atoms with E-state index < -0.39 is 0 Å². The number of ether oxygens (including phenoxy) is 2. The smallest absolute Gasteiger partial charge is 0.316 e. The highest BCUT2D eigenvalue weighted by molar-refractivity contribution is 7.99. The number of nitrogens with zero attached hydrogens (tertiary/aromatic N) is 2. The molecule has 0 aromatic carbocycles. The van der Waals surface area contributed by atoms with Gasteiger partial charge in [-0.1, -0.05) is 31.0 Å². The molecule has 0 saturated heterocycles. The van der Waals surface area contributed by atoms with Crippen LogP contribution in [0.25, 0.3) is 10.3 Å². The lowest BCUT2D eigenvalue weighted by molar-refractivity contribution is -0.139. The molecule has 1 fully saturated rings. The Morgan fingerprint density at radius 3 is 2.83 bits per heavy atom. The number of rotatable bonds is 5. The van der Waals surface area contributed by atoms with Gasteiger partial charge < -0.3 is 14.0 Å². The van der Waals surface area contributed by atoms with Gasteiger partial charge in [-0.05, 0) is 33.6 Å². The maximum absolute atomic E-state index is 13.3. The van der Waals surface area contributed by atoms with Gasteiger partial charge in [0, 0.05) is 22.9 Å². The molecule has 0 N–H and O–H groups in total. The fraction of sp³-hybridized carbons (Fsp3) is 0.667. The molecule has 1 aliphatic carbocycles. The Balaban J connectivity index is 1.79. The zero-order valence-electron chi connectivity index (χ0n) is 17.3. The standard InChI is InChI=1S/C21H28N2O4S2/c1-4-26-16(24)12-28-20-22-17-18(25)14-10-21(2,3)27-11-15(14)29-19(17)23(20)13-8-6-5-7-9-13/h13H,4-12H2,1-3H3. The van der Waals surface area contributed by atoms with Gasteiger partial charge in [-0.2, -0.15) is 0 Å². The number of fused-ring (bicyclic) bond motifs is 2. The molecule has 4 rings (SSSR count). The van der Waals surface area contributed by atoms with Gasteiger partial charge in [0.2, 0.25) is 5.43 Å². The number of thioether (sulfide) groups is 1. The number of hydrogen-bond donors (Lipinski definition) is 0. The fourth-order valence-electron chi connectivity index (χ4n) is 4.21. The van der Waals surface area contributed by atoms with Crippen LogP contribution in [-0.2, 0) is 27.3 Å². The number of esters is 1. The summed E-state index contributed by atoms with van der Waals surface area (Å²) in [4.78, 5) is 31.9. The number of hydrogen-bond acceptors (Lipinski definition) is 7. The van der Waals surface area contributed by atoms with Gasteiger partial charge in [0.15, 0.2) is 5.16 Å². The van der Waals surface area contributed by atoms with E-state index in [1.54, 1.807) is 18.3 Å². The summed E-state index contributed by atoms with van der Waals surface area (Å²) in [5.41, 5.74) is 1.08. The van der Waals surface area contributed by atoms with Gasteiger partial charge in [-0.15, -0.1) is 11.3 Å². The third-order valence-electron chi connectivity index (χ3n) is 5.64. The minimum Gasteiger partial charge on any atom is -0.465 e. The van der Waals surface area contributed by atoms with Gasteiger partial charge in [0.05, 0.1) is 24.6 Å². The van der Waals surface area contributed by atoms with Crippen LogP contribution in [0.15, 0.2) is 9.95 Å². The molecule has 0 radical (unpaired) electrons. The molecule has 6 nitrogen and oxygen atoms in total. The topological polar surface area (TPSA) is 70.4 Å². The van der Waals surface area contributed by atoms with Crippen molar-refractivity contribution in [2.24, 2.45) is 0 Å². The van der Waals surface area contributed by atoms with E-state index in [1.165, 1.54) is 31.0 Å². The summed E-state index contributed by atoms with van der Waals surface area (Å²) in [5.74, 6) is -0.0429. The van der Waals surface area contributed by atoms with E-state index >= 15 is 0 Å². The Bertz CT molecular complexity index is 973. The molecule has 2 aromatic heterocycles. The van der Waals surface area contributed by atoms with Crippen LogP contribution in [0.5, 0.6) is 0 Å². The molecule has 2 aromatic rings. The van der Waals surface area contributed by atoms with E-state index in [4.69, 9.17) is 14.5 Å². The van der Waals surface area contributed by atoms with Crippen LogP contribution in [0, 0.1) is 0 Å². The van der Waals surface area contributed by atoms with Crippen molar-refractivity contribution in [3.05, 3.63) is 20.7 Å². The summed E-state index contributed by atoms with van der Waals surface area (Å²) >= 11 is 3.02. The van der Waals surface area contributed by atoms with Crippen molar-refractivity contribution in [2.75, 3.05) is 12.4 Å². The molecule has 0 amide bonds. The van der Waals surface area contributed by atoms with Crippen molar-refractivity contribution in [3.8, 4) is 0 Å². The summed E-state index contributed by atoms with van der Waals surface area (Å²) in [6.07, 6.45) is 6.39. The molecule has 0 unspecified atom stereocenters. The molecule has 1 saturated carbocycles. The van der Waals surface area contributed by atoms with Gasteiger partial charge in [0.25, 0.3) is 0 Å². The van der Waals surface area contributed by atoms with Crippen LogP contribution in [0.4, 0.5) is 0 Å². The fourth-order valence-corrected chi connectivity index (χ4v) is 6.35. The Morgan fingerprint density at radius 2 is 2.10 bits per heavy atom. The summed E-state index contributed by atoms with van der Waals surface area (Å²) in [6, 6.07) is 0.327. The van der Waals surface area contributed by atoms with Crippen LogP contribution in [-0.4, -0.2) is 33.5 Å². The summed E-state index contributed by atoms with van der Waals surface area (Å²) < 4.78 is 13.3. The average molecular weight is 437 g/mol. The Labute approximate surface area is 179 Å². The van der Waals surface area contributed by atoms with Gasteiger partial charge >= 0.3 is 5.97 Å². The highest BCUT2D eigenvalue weighted by atomic mass is 32.2. The van der Waals surface area contributed by atoms with Crippen LogP contribution >= 0.6 is 23.1 Å². The molecule has 3 heterocycles. The first-order valence-electron chi connectivity index (χ1n) is 10.4. The predicted molar refractivity (Wildman–Crippen MR) is 116 cm³/mol. The predicted octanol–water partition coefficient (Wildman–Crippen LogP) is 4.47. The first kappa shape index (κ1) is 20.9. The first-order valence-corrected chi connectivity index (χ1v) is 12.2. The van der Waals surface area contributed by atoms with Crippen molar-refractivity contribution in [2.45, 2.75) is 82.7 Å². The van der Waals surface area contributed by atoms with Crippen LogP contribution in [0.2, 0.25) is 0 Å². The number of carbonyl (C=O) groups is 1. The van der Waals surface area contributed by atoms with E-state index in [9.17, 15) is 9.59 Å². The van der Waals surface area contributed by atoms with Crippen LogP contribution in [0.1, 0.15) is 69.4 Å². The highest BCUT2D eigenvalue weighted by Crippen LogP contribution is 2.39. The molecule has 0 bridgehead atoms. The molecule has 2 aliphatic rings. The van der Waals surface area contributed by atoms with Crippen molar-refractivity contribution in [1.29, 1.82) is 0 Å². The number of aromatic nitrogens is 2. The van der Waals surface area contributed by atoms with E-state index in [0.717, 1.165) is 33.3 Å². The molecule has 0 atom stereocenters. The first-order chi connectivity index (χ1) is 13.9.